The van der Waals surface area contributed by atoms with Crippen molar-refractivity contribution >= 4 is 0 Å². The molecule has 0 amide bonds. The zero-order valence-electron chi connectivity index (χ0n) is 13.6. The van der Waals surface area contributed by atoms with Crippen molar-refractivity contribution in [3.63, 3.8) is 0 Å². The molecule has 0 aliphatic rings. The highest BCUT2D eigenvalue weighted by Crippen LogP contribution is 2.12. The predicted octanol–water partition coefficient (Wildman–Crippen LogP) is 0.134. The van der Waals surface area contributed by atoms with Crippen molar-refractivity contribution in [3.05, 3.63) is 0 Å². The average molecular weight is 324 g/mol. The van der Waals surface area contributed by atoms with E-state index in [9.17, 15) is 0 Å². The smallest absolute Gasteiger partial charge is 0.0840 e. The first kappa shape index (κ1) is 20.7. The van der Waals surface area contributed by atoms with Crippen molar-refractivity contribution in [2.24, 2.45) is 0 Å². The Morgan fingerprint density at radius 2 is 0.722 bits per heavy atom. The molecule has 0 unspecified atom stereocenters. The zero-order chi connectivity index (χ0) is 13.4. The average Bonchev–Trinajstić information content (AvgIpc) is 2.41. The summed E-state index contributed by atoms with van der Waals surface area (Å²) in [5, 5.41) is 0. The third-order valence-electron chi connectivity index (χ3n) is 5.29. The summed E-state index contributed by atoms with van der Waals surface area (Å²) in [4.78, 5) is 0. The molecule has 0 saturated heterocycles. The lowest BCUT2D eigenvalue weighted by Crippen LogP contribution is -3.00. The Balaban J connectivity index is 0. The zero-order valence-corrected chi connectivity index (χ0v) is 15.2. The van der Waals surface area contributed by atoms with Crippen molar-refractivity contribution in [3.8, 4) is 0 Å². The lowest BCUT2D eigenvalue weighted by Gasteiger charge is -2.39. The SMILES string of the molecule is CC[N+](CC)(CC)CCC[N+](CC)(CC)CC.[Br-]. The van der Waals surface area contributed by atoms with Crippen LogP contribution in [0.1, 0.15) is 48.0 Å². The number of quaternary nitrogens is 2. The summed E-state index contributed by atoms with van der Waals surface area (Å²) in [6, 6.07) is 0. The molecule has 0 aromatic carbocycles. The molecule has 0 spiro atoms. The Morgan fingerprint density at radius 1 is 0.500 bits per heavy atom. The fourth-order valence-electron chi connectivity index (χ4n) is 3.03. The van der Waals surface area contributed by atoms with Crippen LogP contribution in [0.15, 0.2) is 0 Å². The second-order valence-electron chi connectivity index (χ2n) is 5.38. The topological polar surface area (TPSA) is 0 Å². The van der Waals surface area contributed by atoms with Gasteiger partial charge in [0.05, 0.1) is 52.4 Å². The highest BCUT2D eigenvalue weighted by molar-refractivity contribution is 4.44. The van der Waals surface area contributed by atoms with E-state index in [1.165, 1.54) is 67.7 Å². The Labute approximate surface area is 126 Å². The van der Waals surface area contributed by atoms with Crippen LogP contribution in [0.4, 0.5) is 0 Å². The van der Waals surface area contributed by atoms with Gasteiger partial charge in [0.25, 0.3) is 0 Å². The van der Waals surface area contributed by atoms with Crippen molar-refractivity contribution < 1.29 is 25.9 Å². The lowest BCUT2D eigenvalue weighted by atomic mass is 10.2. The van der Waals surface area contributed by atoms with Crippen LogP contribution in [0.2, 0.25) is 0 Å². The summed E-state index contributed by atoms with van der Waals surface area (Å²) in [6.45, 7) is 24.5. The second-order valence-corrected chi connectivity index (χ2v) is 5.38. The van der Waals surface area contributed by atoms with Gasteiger partial charge in [-0.3, -0.25) is 0 Å². The quantitative estimate of drug-likeness (QED) is 0.501. The van der Waals surface area contributed by atoms with Gasteiger partial charge < -0.3 is 25.9 Å². The summed E-state index contributed by atoms with van der Waals surface area (Å²) >= 11 is 0. The third-order valence-corrected chi connectivity index (χ3v) is 5.29. The molecule has 0 radical (unpaired) electrons. The van der Waals surface area contributed by atoms with Gasteiger partial charge in [-0.2, -0.15) is 0 Å². The van der Waals surface area contributed by atoms with E-state index in [1.54, 1.807) is 0 Å². The summed E-state index contributed by atoms with van der Waals surface area (Å²) in [5.41, 5.74) is 0. The Kier molecular flexibility index (Phi) is 11.8. The molecule has 0 fully saturated rings. The minimum atomic E-state index is 0. The van der Waals surface area contributed by atoms with E-state index < -0.39 is 0 Å². The molecule has 0 heterocycles. The van der Waals surface area contributed by atoms with E-state index in [1.807, 2.05) is 0 Å². The Morgan fingerprint density at radius 3 is 0.889 bits per heavy atom. The van der Waals surface area contributed by atoms with Crippen LogP contribution < -0.4 is 17.0 Å². The van der Waals surface area contributed by atoms with Gasteiger partial charge >= 0.3 is 0 Å². The van der Waals surface area contributed by atoms with Crippen LogP contribution in [0, 0.1) is 0 Å². The van der Waals surface area contributed by atoms with Crippen molar-refractivity contribution in [1.29, 1.82) is 0 Å². The molecule has 0 aromatic heterocycles. The van der Waals surface area contributed by atoms with Crippen LogP contribution in [0.5, 0.6) is 0 Å². The van der Waals surface area contributed by atoms with E-state index in [2.05, 4.69) is 41.5 Å². The Hall–Kier alpha value is 0.400. The maximum atomic E-state index is 2.34. The maximum absolute atomic E-state index is 2.34. The molecule has 18 heavy (non-hydrogen) atoms. The van der Waals surface area contributed by atoms with Crippen LogP contribution >= 0.6 is 0 Å². The van der Waals surface area contributed by atoms with Gasteiger partial charge in [0.15, 0.2) is 0 Å². The highest BCUT2D eigenvalue weighted by atomic mass is 79.9. The van der Waals surface area contributed by atoms with Crippen molar-refractivity contribution in [2.45, 2.75) is 48.0 Å². The third kappa shape index (κ3) is 5.58. The molecule has 0 atom stereocenters. The summed E-state index contributed by atoms with van der Waals surface area (Å²) < 4.78 is 2.61. The molecule has 0 aliphatic heterocycles. The van der Waals surface area contributed by atoms with E-state index in [-0.39, 0.29) is 17.0 Å². The first-order chi connectivity index (χ1) is 8.07. The molecule has 0 aliphatic carbocycles. The maximum Gasteiger partial charge on any atom is 0.0840 e. The molecule has 3 heteroatoms. The summed E-state index contributed by atoms with van der Waals surface area (Å²) in [7, 11) is 0. The fourth-order valence-corrected chi connectivity index (χ4v) is 3.03. The molecule has 0 bridgehead atoms. The number of hydrogen-bond donors (Lipinski definition) is 0. The normalized spacial score (nSPS) is 12.3. The van der Waals surface area contributed by atoms with Crippen LogP contribution in [0.25, 0.3) is 0 Å². The molecule has 0 aromatic rings. The van der Waals surface area contributed by atoms with E-state index in [0.717, 1.165) is 0 Å². The fraction of sp³-hybridized carbons (Fsp3) is 1.00. The predicted molar refractivity (Wildman–Crippen MR) is 78.1 cm³/mol. The molecule has 112 valence electrons. The van der Waals surface area contributed by atoms with Crippen LogP contribution in [0.3, 0.4) is 0 Å². The van der Waals surface area contributed by atoms with Crippen molar-refractivity contribution in [1.82, 2.24) is 0 Å². The molecule has 0 rings (SSSR count). The summed E-state index contributed by atoms with van der Waals surface area (Å²) in [5.74, 6) is 0. The molecule has 0 saturated carbocycles. The van der Waals surface area contributed by atoms with Crippen LogP contribution in [-0.4, -0.2) is 61.3 Å². The molecule has 0 N–H and O–H groups in total. The van der Waals surface area contributed by atoms with Crippen molar-refractivity contribution in [2.75, 3.05) is 52.4 Å². The summed E-state index contributed by atoms with van der Waals surface area (Å²) in [6.07, 6.45) is 1.38. The van der Waals surface area contributed by atoms with Gasteiger partial charge in [-0.1, -0.05) is 0 Å². The number of nitrogens with zero attached hydrogens (tertiary/aromatic N) is 2. The second kappa shape index (κ2) is 10.2. The van der Waals surface area contributed by atoms with Gasteiger partial charge in [0, 0.05) is 6.42 Å². The monoisotopic (exact) mass is 323 g/mol. The van der Waals surface area contributed by atoms with Crippen LogP contribution in [-0.2, 0) is 0 Å². The lowest BCUT2D eigenvalue weighted by molar-refractivity contribution is -0.941. The molecule has 2 nitrogen and oxygen atoms in total. The van der Waals surface area contributed by atoms with Gasteiger partial charge in [-0.25, -0.2) is 0 Å². The Bertz CT molecular complexity index is 150. The van der Waals surface area contributed by atoms with E-state index >= 15 is 0 Å². The molecular formula is C15H36BrN2+. The number of rotatable bonds is 10. The van der Waals surface area contributed by atoms with Gasteiger partial charge in [0.1, 0.15) is 0 Å². The minimum Gasteiger partial charge on any atom is -1.00 e. The van der Waals surface area contributed by atoms with E-state index in [0.29, 0.717) is 0 Å². The number of halogens is 1. The minimum absolute atomic E-state index is 0. The highest BCUT2D eigenvalue weighted by Gasteiger charge is 2.25. The first-order valence-electron chi connectivity index (χ1n) is 7.77. The van der Waals surface area contributed by atoms with Gasteiger partial charge in [-0.15, -0.1) is 0 Å². The van der Waals surface area contributed by atoms with Gasteiger partial charge in [0.2, 0.25) is 0 Å². The van der Waals surface area contributed by atoms with Gasteiger partial charge in [-0.05, 0) is 41.5 Å². The van der Waals surface area contributed by atoms with E-state index in [4.69, 9.17) is 0 Å². The standard InChI is InChI=1S/C15H36N2.BrH/c1-7-16(8-2,9-3)14-13-15-17(10-4,11-5)12-6;/h7-15H2,1-6H3;1H/q+2;/p-1. The molecular weight excluding hydrogens is 288 g/mol. The first-order valence-corrected chi connectivity index (χ1v) is 7.77. The number of hydrogen-bond acceptors (Lipinski definition) is 0. The largest absolute Gasteiger partial charge is 1.00 e.